The maximum atomic E-state index is 13.8. The number of hydrogen-bond acceptors (Lipinski definition) is 3. The van der Waals surface area contributed by atoms with E-state index in [1.807, 2.05) is 30.3 Å². The molecule has 0 aromatic heterocycles. The molecule has 2 amide bonds. The fraction of sp³-hybridized carbons (Fsp3) is 0.333. The molecule has 200 valence electrons. The average Bonchev–Trinajstić information content (AvgIpc) is 2.92. The lowest BCUT2D eigenvalue weighted by Crippen LogP contribution is -2.53. The number of hydrogen-bond donors (Lipinski definition) is 1. The molecule has 3 aromatic carbocycles. The molecular formula is C30H31Cl3N2O3. The van der Waals surface area contributed by atoms with E-state index in [-0.39, 0.29) is 31.0 Å². The van der Waals surface area contributed by atoms with Gasteiger partial charge in [-0.3, -0.25) is 9.59 Å². The molecule has 0 spiro atoms. The van der Waals surface area contributed by atoms with Gasteiger partial charge in [0.2, 0.25) is 5.91 Å². The lowest BCUT2D eigenvalue weighted by Gasteiger charge is -2.33. The molecule has 1 aliphatic carbocycles. The lowest BCUT2D eigenvalue weighted by molar-refractivity contribution is -0.143. The summed E-state index contributed by atoms with van der Waals surface area (Å²) in [4.78, 5) is 29.1. The first kappa shape index (κ1) is 28.3. The molecule has 1 saturated carbocycles. The minimum atomic E-state index is -0.797. The predicted octanol–water partition coefficient (Wildman–Crippen LogP) is 7.11. The highest BCUT2D eigenvalue weighted by Crippen LogP contribution is 2.28. The van der Waals surface area contributed by atoms with Gasteiger partial charge in [-0.15, -0.1) is 0 Å². The summed E-state index contributed by atoms with van der Waals surface area (Å²) in [6.45, 7) is -0.243. The smallest absolute Gasteiger partial charge is 0.261 e. The second-order valence-corrected chi connectivity index (χ2v) is 10.7. The van der Waals surface area contributed by atoms with Crippen LogP contribution in [0.1, 0.15) is 43.2 Å². The highest BCUT2D eigenvalue weighted by Gasteiger charge is 2.33. The van der Waals surface area contributed by atoms with Crippen LogP contribution in [0.2, 0.25) is 15.1 Å². The van der Waals surface area contributed by atoms with Crippen molar-refractivity contribution < 1.29 is 14.3 Å². The van der Waals surface area contributed by atoms with Crippen LogP contribution in [-0.2, 0) is 22.6 Å². The zero-order valence-electron chi connectivity index (χ0n) is 21.0. The number of carbonyl (C=O) groups excluding carboxylic acids is 2. The van der Waals surface area contributed by atoms with E-state index in [0.717, 1.165) is 31.2 Å². The minimum absolute atomic E-state index is 0.0544. The van der Waals surface area contributed by atoms with Gasteiger partial charge in [0.25, 0.3) is 5.91 Å². The molecule has 4 rings (SSSR count). The molecule has 0 saturated heterocycles. The molecule has 0 heterocycles. The number of nitrogens with one attached hydrogen (secondary N) is 1. The lowest BCUT2D eigenvalue weighted by atomic mass is 9.94. The zero-order valence-corrected chi connectivity index (χ0v) is 23.3. The number of halogens is 3. The summed E-state index contributed by atoms with van der Waals surface area (Å²) in [6.07, 6.45) is 5.54. The van der Waals surface area contributed by atoms with Gasteiger partial charge in [-0.1, -0.05) is 103 Å². The standard InChI is InChI=1S/C30H31Cl3N2O3/c31-24-15-9-16-25(32)23(24)19-35(29(36)20-38-28-17-8-7-14-26(28)33)27(18-21-10-3-1-4-11-21)30(37)34-22-12-5-2-6-13-22/h1,3-4,7-11,14-17,22,27H,2,5-6,12-13,18-20H2,(H,34,37)/t27-/m1/s1. The first-order valence-corrected chi connectivity index (χ1v) is 14.0. The van der Waals surface area contributed by atoms with E-state index < -0.39 is 6.04 Å². The Balaban J connectivity index is 1.65. The fourth-order valence-electron chi connectivity index (χ4n) is 4.74. The van der Waals surface area contributed by atoms with Crippen LogP contribution in [0.25, 0.3) is 0 Å². The van der Waals surface area contributed by atoms with Crippen LogP contribution in [0.4, 0.5) is 0 Å². The maximum absolute atomic E-state index is 13.8. The van der Waals surface area contributed by atoms with Crippen molar-refractivity contribution in [3.63, 3.8) is 0 Å². The number of nitrogens with zero attached hydrogens (tertiary/aromatic N) is 1. The van der Waals surface area contributed by atoms with Crippen molar-refractivity contribution in [3.05, 3.63) is 99.0 Å². The zero-order chi connectivity index (χ0) is 26.9. The van der Waals surface area contributed by atoms with E-state index in [1.165, 1.54) is 11.3 Å². The van der Waals surface area contributed by atoms with Gasteiger partial charge in [0.15, 0.2) is 6.61 Å². The van der Waals surface area contributed by atoms with Crippen molar-refractivity contribution in [1.29, 1.82) is 0 Å². The Labute approximate surface area is 239 Å². The molecule has 0 bridgehead atoms. The van der Waals surface area contributed by atoms with Gasteiger partial charge in [-0.2, -0.15) is 0 Å². The SMILES string of the molecule is O=C(NC1CCCCC1)[C@@H](Cc1ccccc1)N(Cc1c(Cl)cccc1Cl)C(=O)COc1ccccc1Cl. The third-order valence-electron chi connectivity index (χ3n) is 6.80. The summed E-state index contributed by atoms with van der Waals surface area (Å²) >= 11 is 19.2. The van der Waals surface area contributed by atoms with Gasteiger partial charge >= 0.3 is 0 Å². The normalized spacial score (nSPS) is 14.5. The number of para-hydroxylation sites is 1. The van der Waals surface area contributed by atoms with Crippen molar-refractivity contribution >= 4 is 46.6 Å². The number of ether oxygens (including phenoxy) is 1. The summed E-state index contributed by atoms with van der Waals surface area (Å²) < 4.78 is 5.79. The molecule has 1 atom stereocenters. The average molecular weight is 574 g/mol. The Morgan fingerprint density at radius 1 is 0.842 bits per heavy atom. The van der Waals surface area contributed by atoms with Gasteiger partial charge in [-0.25, -0.2) is 0 Å². The summed E-state index contributed by atoms with van der Waals surface area (Å²) in [5.74, 6) is -0.180. The topological polar surface area (TPSA) is 58.6 Å². The van der Waals surface area contributed by atoms with Crippen LogP contribution in [0.3, 0.4) is 0 Å². The quantitative estimate of drug-likeness (QED) is 0.281. The molecular weight excluding hydrogens is 543 g/mol. The van der Waals surface area contributed by atoms with Crippen molar-refractivity contribution in [1.82, 2.24) is 10.2 Å². The van der Waals surface area contributed by atoms with Crippen LogP contribution < -0.4 is 10.1 Å². The summed E-state index contributed by atoms with van der Waals surface area (Å²) in [7, 11) is 0. The Morgan fingerprint density at radius 2 is 1.47 bits per heavy atom. The number of benzene rings is 3. The van der Waals surface area contributed by atoms with E-state index in [2.05, 4.69) is 5.32 Å². The van der Waals surface area contributed by atoms with E-state index in [0.29, 0.717) is 32.8 Å². The second-order valence-electron chi connectivity index (χ2n) is 9.49. The Kier molecular flexibility index (Phi) is 10.3. The Bertz CT molecular complexity index is 1210. The molecule has 5 nitrogen and oxygen atoms in total. The van der Waals surface area contributed by atoms with E-state index in [9.17, 15) is 9.59 Å². The van der Waals surface area contributed by atoms with E-state index in [4.69, 9.17) is 39.5 Å². The molecule has 0 unspecified atom stereocenters. The van der Waals surface area contributed by atoms with Crippen molar-refractivity contribution in [2.24, 2.45) is 0 Å². The predicted molar refractivity (Wildman–Crippen MR) is 153 cm³/mol. The Morgan fingerprint density at radius 3 is 2.16 bits per heavy atom. The summed E-state index contributed by atoms with van der Waals surface area (Å²) in [5.41, 5.74) is 1.51. The van der Waals surface area contributed by atoms with Gasteiger partial charge in [0.1, 0.15) is 11.8 Å². The third-order valence-corrected chi connectivity index (χ3v) is 7.82. The molecule has 1 fully saturated rings. The molecule has 1 N–H and O–H groups in total. The third kappa shape index (κ3) is 7.66. The first-order chi connectivity index (χ1) is 18.4. The van der Waals surface area contributed by atoms with Gasteiger partial charge in [-0.05, 0) is 42.7 Å². The fourth-order valence-corrected chi connectivity index (χ4v) is 5.44. The van der Waals surface area contributed by atoms with Crippen LogP contribution in [0.5, 0.6) is 5.75 Å². The molecule has 38 heavy (non-hydrogen) atoms. The maximum Gasteiger partial charge on any atom is 0.261 e. The van der Waals surface area contributed by atoms with Gasteiger partial charge < -0.3 is 15.0 Å². The van der Waals surface area contributed by atoms with Crippen LogP contribution in [0.15, 0.2) is 72.8 Å². The van der Waals surface area contributed by atoms with Gasteiger partial charge in [0.05, 0.1) is 5.02 Å². The molecule has 8 heteroatoms. The van der Waals surface area contributed by atoms with E-state index in [1.54, 1.807) is 42.5 Å². The second kappa shape index (κ2) is 13.9. The first-order valence-electron chi connectivity index (χ1n) is 12.9. The minimum Gasteiger partial charge on any atom is -0.482 e. The molecule has 1 aliphatic rings. The molecule has 3 aromatic rings. The van der Waals surface area contributed by atoms with Crippen LogP contribution >= 0.6 is 34.8 Å². The molecule has 0 radical (unpaired) electrons. The largest absolute Gasteiger partial charge is 0.482 e. The summed E-state index contributed by atoms with van der Waals surface area (Å²) in [5, 5.41) is 4.46. The van der Waals surface area contributed by atoms with Crippen molar-refractivity contribution in [2.45, 2.75) is 57.2 Å². The van der Waals surface area contributed by atoms with Crippen LogP contribution in [-0.4, -0.2) is 35.4 Å². The van der Waals surface area contributed by atoms with Crippen molar-refractivity contribution in [2.75, 3.05) is 6.61 Å². The van der Waals surface area contributed by atoms with Crippen molar-refractivity contribution in [3.8, 4) is 5.75 Å². The number of rotatable bonds is 10. The highest BCUT2D eigenvalue weighted by atomic mass is 35.5. The summed E-state index contributed by atoms with van der Waals surface area (Å²) in [6, 6.07) is 21.1. The number of carbonyl (C=O) groups is 2. The monoisotopic (exact) mass is 572 g/mol. The molecule has 0 aliphatic heterocycles. The van der Waals surface area contributed by atoms with Crippen LogP contribution in [0, 0.1) is 0 Å². The van der Waals surface area contributed by atoms with E-state index >= 15 is 0 Å². The number of amides is 2. The Hall–Kier alpha value is -2.73. The van der Waals surface area contributed by atoms with Gasteiger partial charge in [0, 0.05) is 34.6 Å². The highest BCUT2D eigenvalue weighted by molar-refractivity contribution is 6.36.